The minimum absolute atomic E-state index is 0.0746. The zero-order chi connectivity index (χ0) is 25.0. The van der Waals surface area contributed by atoms with Gasteiger partial charge in [-0.1, -0.05) is 24.3 Å². The number of fused-ring (bicyclic) bond motifs is 1. The molecule has 0 atom stereocenters. The molecule has 180 valence electrons. The van der Waals surface area contributed by atoms with Crippen molar-refractivity contribution in [3.05, 3.63) is 99.9 Å². The van der Waals surface area contributed by atoms with Crippen LogP contribution in [0.1, 0.15) is 21.5 Å². The zero-order valence-corrected chi connectivity index (χ0v) is 18.2. The summed E-state index contributed by atoms with van der Waals surface area (Å²) in [7, 11) is 0. The first-order valence-corrected chi connectivity index (χ1v) is 10.5. The normalized spacial score (nSPS) is 11.5. The molecule has 0 saturated carbocycles. The molecule has 0 bridgehead atoms. The van der Waals surface area contributed by atoms with Gasteiger partial charge in [0.15, 0.2) is 0 Å². The summed E-state index contributed by atoms with van der Waals surface area (Å²) < 4.78 is 57.2. The van der Waals surface area contributed by atoms with Crippen LogP contribution in [0, 0.1) is 5.82 Å². The van der Waals surface area contributed by atoms with Gasteiger partial charge in [0.25, 0.3) is 11.5 Å². The predicted molar refractivity (Wildman–Crippen MR) is 121 cm³/mol. The molecule has 1 amide bonds. The number of nitrogens with zero attached hydrogens (tertiary/aromatic N) is 1. The van der Waals surface area contributed by atoms with Gasteiger partial charge in [-0.15, -0.1) is 0 Å². The second kappa shape index (κ2) is 10.1. The molecule has 0 unspecified atom stereocenters. The molecule has 0 aliphatic carbocycles. The Hall–Kier alpha value is -4.05. The summed E-state index contributed by atoms with van der Waals surface area (Å²) in [5.41, 5.74) is 0.702. The monoisotopic (exact) mass is 485 g/mol. The Bertz CT molecular complexity index is 1420. The SMILES string of the molecule is O=C(NCCOCc1ccc(C(F)(F)F)cc1)c1cc2nc[nH]c(=O)c2cc1-c1cccc(F)c1. The molecule has 0 spiro atoms. The number of benzene rings is 3. The number of carbonyl (C=O) groups is 1. The summed E-state index contributed by atoms with van der Waals surface area (Å²) in [6.07, 6.45) is -3.18. The number of rotatable bonds is 7. The highest BCUT2D eigenvalue weighted by Gasteiger charge is 2.29. The number of amides is 1. The van der Waals surface area contributed by atoms with Crippen LogP contribution in [0.5, 0.6) is 0 Å². The number of aromatic amines is 1. The van der Waals surface area contributed by atoms with E-state index in [9.17, 15) is 27.2 Å². The van der Waals surface area contributed by atoms with Crippen LogP contribution in [0.25, 0.3) is 22.0 Å². The lowest BCUT2D eigenvalue weighted by Crippen LogP contribution is -2.28. The fourth-order valence-corrected chi connectivity index (χ4v) is 3.51. The van der Waals surface area contributed by atoms with Crippen molar-refractivity contribution >= 4 is 16.8 Å². The van der Waals surface area contributed by atoms with E-state index in [4.69, 9.17) is 4.74 Å². The van der Waals surface area contributed by atoms with Gasteiger partial charge in [-0.3, -0.25) is 9.59 Å². The van der Waals surface area contributed by atoms with Crippen molar-refractivity contribution in [3.63, 3.8) is 0 Å². The van der Waals surface area contributed by atoms with Gasteiger partial charge in [-0.25, -0.2) is 9.37 Å². The molecule has 4 aromatic rings. The molecule has 0 fully saturated rings. The van der Waals surface area contributed by atoms with E-state index in [0.717, 1.165) is 12.1 Å². The van der Waals surface area contributed by atoms with Crippen LogP contribution in [-0.4, -0.2) is 29.0 Å². The van der Waals surface area contributed by atoms with Crippen molar-refractivity contribution in [1.29, 1.82) is 0 Å². The van der Waals surface area contributed by atoms with E-state index < -0.39 is 29.0 Å². The Balaban J connectivity index is 1.44. The molecule has 0 aliphatic heterocycles. The summed E-state index contributed by atoms with van der Waals surface area (Å²) in [6.45, 7) is 0.293. The number of carbonyl (C=O) groups excluding carboxylic acids is 1. The number of H-pyrrole nitrogens is 1. The predicted octanol–water partition coefficient (Wildman–Crippen LogP) is 4.69. The topological polar surface area (TPSA) is 84.1 Å². The van der Waals surface area contributed by atoms with Crippen LogP contribution in [-0.2, 0) is 17.5 Å². The average molecular weight is 485 g/mol. The minimum Gasteiger partial charge on any atom is -0.375 e. The maximum Gasteiger partial charge on any atom is 0.416 e. The van der Waals surface area contributed by atoms with Crippen LogP contribution >= 0.6 is 0 Å². The van der Waals surface area contributed by atoms with E-state index in [0.29, 0.717) is 22.2 Å². The van der Waals surface area contributed by atoms with Crippen molar-refractivity contribution in [1.82, 2.24) is 15.3 Å². The second-order valence-electron chi connectivity index (χ2n) is 7.66. The lowest BCUT2D eigenvalue weighted by Gasteiger charge is -2.12. The standard InChI is InChI=1S/C25H19F4N3O3/c26-18-3-1-2-16(10-18)19-11-21-22(31-14-32-24(21)34)12-20(19)23(33)30-8-9-35-13-15-4-6-17(7-5-15)25(27,28)29/h1-7,10-12,14H,8-9,13H2,(H,30,33)(H,31,32,34). The Morgan fingerprint density at radius 1 is 1.06 bits per heavy atom. The number of ether oxygens (including phenoxy) is 1. The molecule has 10 heteroatoms. The number of aromatic nitrogens is 2. The van der Waals surface area contributed by atoms with Crippen molar-refractivity contribution in [2.75, 3.05) is 13.2 Å². The van der Waals surface area contributed by atoms with E-state index in [1.807, 2.05) is 0 Å². The quantitative estimate of drug-likeness (QED) is 0.294. The lowest BCUT2D eigenvalue weighted by atomic mass is 9.97. The molecule has 6 nitrogen and oxygen atoms in total. The molecule has 0 saturated heterocycles. The smallest absolute Gasteiger partial charge is 0.375 e. The number of nitrogens with one attached hydrogen (secondary N) is 2. The molecular weight excluding hydrogens is 466 g/mol. The second-order valence-corrected chi connectivity index (χ2v) is 7.66. The maximum absolute atomic E-state index is 13.8. The van der Waals surface area contributed by atoms with Gasteiger partial charge in [0.1, 0.15) is 5.82 Å². The first-order chi connectivity index (χ1) is 16.7. The third kappa shape index (κ3) is 5.72. The molecule has 1 aromatic heterocycles. The number of hydrogen-bond donors (Lipinski definition) is 2. The van der Waals surface area contributed by atoms with E-state index in [1.165, 1.54) is 48.8 Å². The number of halogens is 4. The highest BCUT2D eigenvalue weighted by atomic mass is 19.4. The molecule has 2 N–H and O–H groups in total. The highest BCUT2D eigenvalue weighted by molar-refractivity contribution is 6.04. The third-order valence-corrected chi connectivity index (χ3v) is 5.24. The molecule has 0 radical (unpaired) electrons. The first kappa shape index (κ1) is 24.1. The fourth-order valence-electron chi connectivity index (χ4n) is 3.51. The summed E-state index contributed by atoms with van der Waals surface area (Å²) in [5.74, 6) is -0.975. The highest BCUT2D eigenvalue weighted by Crippen LogP contribution is 2.29. The van der Waals surface area contributed by atoms with Gasteiger partial charge in [0.2, 0.25) is 0 Å². The lowest BCUT2D eigenvalue weighted by molar-refractivity contribution is -0.137. The van der Waals surface area contributed by atoms with Gasteiger partial charge in [-0.2, -0.15) is 13.2 Å². The summed E-state index contributed by atoms with van der Waals surface area (Å²) >= 11 is 0. The van der Waals surface area contributed by atoms with E-state index in [1.54, 1.807) is 6.07 Å². The van der Waals surface area contributed by atoms with Crippen molar-refractivity contribution in [2.45, 2.75) is 12.8 Å². The van der Waals surface area contributed by atoms with Crippen LogP contribution in [0.15, 0.2) is 71.8 Å². The van der Waals surface area contributed by atoms with Crippen molar-refractivity contribution in [2.24, 2.45) is 0 Å². The summed E-state index contributed by atoms with van der Waals surface area (Å²) in [4.78, 5) is 31.7. The largest absolute Gasteiger partial charge is 0.416 e. The Kier molecular flexibility index (Phi) is 6.92. The van der Waals surface area contributed by atoms with E-state index in [-0.39, 0.29) is 30.7 Å². The van der Waals surface area contributed by atoms with Crippen molar-refractivity contribution in [3.8, 4) is 11.1 Å². The number of alkyl halides is 3. The number of hydrogen-bond acceptors (Lipinski definition) is 4. The maximum atomic E-state index is 13.8. The summed E-state index contributed by atoms with van der Waals surface area (Å²) in [6, 6.07) is 13.2. The van der Waals surface area contributed by atoms with Gasteiger partial charge in [0.05, 0.1) is 36.0 Å². The molecule has 3 aromatic carbocycles. The third-order valence-electron chi connectivity index (χ3n) is 5.24. The van der Waals surface area contributed by atoms with Crippen LogP contribution in [0.2, 0.25) is 0 Å². The molecule has 0 aliphatic rings. The molecule has 35 heavy (non-hydrogen) atoms. The van der Waals surface area contributed by atoms with Crippen LogP contribution < -0.4 is 10.9 Å². The summed E-state index contributed by atoms with van der Waals surface area (Å²) in [5, 5.41) is 2.95. The molecular formula is C25H19F4N3O3. The van der Waals surface area contributed by atoms with E-state index in [2.05, 4.69) is 15.3 Å². The molecule has 4 rings (SSSR count). The Morgan fingerprint density at radius 3 is 2.54 bits per heavy atom. The minimum atomic E-state index is -4.40. The van der Waals surface area contributed by atoms with Crippen LogP contribution in [0.4, 0.5) is 17.6 Å². The van der Waals surface area contributed by atoms with Crippen LogP contribution in [0.3, 0.4) is 0 Å². The van der Waals surface area contributed by atoms with Gasteiger partial charge >= 0.3 is 6.18 Å². The van der Waals surface area contributed by atoms with Crippen molar-refractivity contribution < 1.29 is 27.1 Å². The molecule has 1 heterocycles. The zero-order valence-electron chi connectivity index (χ0n) is 18.2. The Morgan fingerprint density at radius 2 is 1.83 bits per heavy atom. The Labute approximate surface area is 196 Å². The average Bonchev–Trinajstić information content (AvgIpc) is 2.83. The first-order valence-electron chi connectivity index (χ1n) is 10.5. The van der Waals surface area contributed by atoms with Gasteiger partial charge in [-0.05, 0) is 53.1 Å². The van der Waals surface area contributed by atoms with Gasteiger partial charge < -0.3 is 15.0 Å². The van der Waals surface area contributed by atoms with Gasteiger partial charge in [0, 0.05) is 12.1 Å². The fraction of sp³-hybridized carbons (Fsp3) is 0.160. The van der Waals surface area contributed by atoms with E-state index >= 15 is 0 Å².